The molecule has 0 aromatic rings. The van der Waals surface area contributed by atoms with E-state index in [1.54, 1.807) is 6.92 Å². The van der Waals surface area contributed by atoms with Crippen LogP contribution in [0.25, 0.3) is 0 Å². The van der Waals surface area contributed by atoms with Gasteiger partial charge in [0, 0.05) is 0 Å². The minimum Gasteiger partial charge on any atom is -0.479 e. The average Bonchev–Trinajstić information content (AvgIpc) is 2.36. The molecule has 0 saturated carbocycles. The Balaban J connectivity index is 2.63. The number of carboxylic acid groups (broad SMARTS) is 1. The van der Waals surface area contributed by atoms with Crippen molar-refractivity contribution in [3.63, 3.8) is 0 Å². The molecule has 1 saturated heterocycles. The minimum absolute atomic E-state index is 0.239. The summed E-state index contributed by atoms with van der Waals surface area (Å²) in [6, 6.07) is 0. The van der Waals surface area contributed by atoms with Crippen LogP contribution < -0.4 is 0 Å². The van der Waals surface area contributed by atoms with E-state index in [0.29, 0.717) is 0 Å². The first kappa shape index (κ1) is 16.3. The first-order valence-electron chi connectivity index (χ1n) is 6.46. The Bertz CT molecular complexity index is 296. The maximum absolute atomic E-state index is 10.9. The fourth-order valence-electron chi connectivity index (χ4n) is 1.95. The smallest absolute Gasteiger partial charge is 0.335 e. The molecule has 1 aliphatic heterocycles. The molecular weight excluding hydrogens is 256 g/mol. The normalized spacial score (nSPS) is 37.0. The molecule has 0 bridgehead atoms. The van der Waals surface area contributed by atoms with Crippen LogP contribution in [0.15, 0.2) is 0 Å². The van der Waals surface area contributed by atoms with Crippen molar-refractivity contribution in [3.05, 3.63) is 0 Å². The van der Waals surface area contributed by atoms with E-state index in [-0.39, 0.29) is 6.10 Å². The first-order chi connectivity index (χ1) is 8.88. The number of aliphatic carboxylic acids is 1. The predicted molar refractivity (Wildman–Crippen MR) is 64.4 cm³/mol. The average molecular weight is 278 g/mol. The lowest BCUT2D eigenvalue weighted by Gasteiger charge is -2.39. The Kier molecular flexibility index (Phi) is 6.15. The van der Waals surface area contributed by atoms with Gasteiger partial charge in [0.05, 0.1) is 6.10 Å². The molecule has 1 aliphatic rings. The van der Waals surface area contributed by atoms with Gasteiger partial charge in [0.15, 0.2) is 12.4 Å². The van der Waals surface area contributed by atoms with E-state index in [2.05, 4.69) is 0 Å². The second kappa shape index (κ2) is 7.16. The third kappa shape index (κ3) is 4.12. The highest BCUT2D eigenvalue weighted by Crippen LogP contribution is 2.24. The zero-order valence-corrected chi connectivity index (χ0v) is 11.1. The van der Waals surface area contributed by atoms with Crippen LogP contribution >= 0.6 is 0 Å². The van der Waals surface area contributed by atoms with Crippen molar-refractivity contribution >= 4 is 5.97 Å². The third-order valence-electron chi connectivity index (χ3n) is 3.14. The fourth-order valence-corrected chi connectivity index (χ4v) is 1.95. The van der Waals surface area contributed by atoms with Crippen LogP contribution in [0.3, 0.4) is 0 Å². The van der Waals surface area contributed by atoms with Gasteiger partial charge >= 0.3 is 5.97 Å². The zero-order chi connectivity index (χ0) is 14.6. The number of ether oxygens (including phenoxy) is 2. The molecule has 7 nitrogen and oxygen atoms in total. The molecule has 0 aromatic carbocycles. The highest BCUT2D eigenvalue weighted by molar-refractivity contribution is 5.73. The molecule has 19 heavy (non-hydrogen) atoms. The topological polar surface area (TPSA) is 116 Å². The maximum Gasteiger partial charge on any atom is 0.335 e. The number of hydrogen-bond donors (Lipinski definition) is 4. The molecule has 1 rings (SSSR count). The highest BCUT2D eigenvalue weighted by atomic mass is 16.7. The minimum atomic E-state index is -1.68. The van der Waals surface area contributed by atoms with Gasteiger partial charge in [-0.3, -0.25) is 0 Å². The number of unbranched alkanes of at least 4 members (excludes halogenated alkanes) is 1. The molecule has 1 fully saturated rings. The van der Waals surface area contributed by atoms with Gasteiger partial charge in [-0.1, -0.05) is 19.8 Å². The Labute approximate surface area is 111 Å². The number of hydrogen-bond acceptors (Lipinski definition) is 6. The molecule has 4 N–H and O–H groups in total. The first-order valence-corrected chi connectivity index (χ1v) is 6.46. The van der Waals surface area contributed by atoms with Gasteiger partial charge in [0.25, 0.3) is 0 Å². The van der Waals surface area contributed by atoms with Crippen molar-refractivity contribution in [2.24, 2.45) is 0 Å². The SMILES string of the molecule is CCCCC(C)OC1OC(C(=O)O)C(O)C(O)C1O. The zero-order valence-electron chi connectivity index (χ0n) is 11.1. The lowest BCUT2D eigenvalue weighted by atomic mass is 9.99. The van der Waals surface area contributed by atoms with Crippen LogP contribution in [-0.2, 0) is 14.3 Å². The number of aliphatic hydroxyl groups excluding tert-OH is 3. The van der Waals surface area contributed by atoms with Crippen molar-refractivity contribution in [1.29, 1.82) is 0 Å². The van der Waals surface area contributed by atoms with Gasteiger partial charge in [-0.05, 0) is 13.3 Å². The number of rotatable bonds is 6. The highest BCUT2D eigenvalue weighted by Gasteiger charge is 2.47. The van der Waals surface area contributed by atoms with E-state index in [4.69, 9.17) is 14.6 Å². The van der Waals surface area contributed by atoms with E-state index in [1.807, 2.05) is 6.92 Å². The van der Waals surface area contributed by atoms with Gasteiger partial charge in [-0.2, -0.15) is 0 Å². The maximum atomic E-state index is 10.9. The number of carboxylic acids is 1. The van der Waals surface area contributed by atoms with Gasteiger partial charge in [-0.25, -0.2) is 4.79 Å². The van der Waals surface area contributed by atoms with Crippen molar-refractivity contribution < 1.29 is 34.7 Å². The summed E-state index contributed by atoms with van der Waals surface area (Å²) in [5, 5.41) is 37.7. The van der Waals surface area contributed by atoms with Crippen molar-refractivity contribution in [2.75, 3.05) is 0 Å². The van der Waals surface area contributed by atoms with E-state index in [9.17, 15) is 20.1 Å². The van der Waals surface area contributed by atoms with Crippen LogP contribution in [0.2, 0.25) is 0 Å². The molecule has 0 amide bonds. The van der Waals surface area contributed by atoms with E-state index >= 15 is 0 Å². The summed E-state index contributed by atoms with van der Waals surface area (Å²) in [6.07, 6.45) is -5.23. The fraction of sp³-hybridized carbons (Fsp3) is 0.917. The second-order valence-electron chi connectivity index (χ2n) is 4.82. The monoisotopic (exact) mass is 278 g/mol. The van der Waals surface area contributed by atoms with Gasteiger partial charge in [0.2, 0.25) is 0 Å². The van der Waals surface area contributed by atoms with Gasteiger partial charge in [-0.15, -0.1) is 0 Å². The lowest BCUT2D eigenvalue weighted by Crippen LogP contribution is -2.60. The molecule has 7 heteroatoms. The third-order valence-corrected chi connectivity index (χ3v) is 3.14. The molecule has 1 heterocycles. The Hall–Kier alpha value is -0.730. The summed E-state index contributed by atoms with van der Waals surface area (Å²) < 4.78 is 10.4. The molecule has 6 atom stereocenters. The van der Waals surface area contributed by atoms with E-state index < -0.39 is 36.7 Å². The van der Waals surface area contributed by atoms with Crippen molar-refractivity contribution in [3.8, 4) is 0 Å². The summed E-state index contributed by atoms with van der Waals surface area (Å²) in [5.74, 6) is -1.41. The molecule has 112 valence electrons. The summed E-state index contributed by atoms with van der Waals surface area (Å²) in [7, 11) is 0. The largest absolute Gasteiger partial charge is 0.479 e. The summed E-state index contributed by atoms with van der Waals surface area (Å²) >= 11 is 0. The Morgan fingerprint density at radius 2 is 1.89 bits per heavy atom. The number of aliphatic hydroxyl groups is 3. The van der Waals surface area contributed by atoms with Gasteiger partial charge < -0.3 is 29.9 Å². The quantitative estimate of drug-likeness (QED) is 0.516. The molecule has 0 aliphatic carbocycles. The summed E-state index contributed by atoms with van der Waals surface area (Å²) in [6.45, 7) is 3.80. The molecule has 0 radical (unpaired) electrons. The molecule has 0 spiro atoms. The number of carbonyl (C=O) groups is 1. The summed E-state index contributed by atoms with van der Waals surface area (Å²) in [4.78, 5) is 10.9. The van der Waals surface area contributed by atoms with Crippen LogP contribution in [0.4, 0.5) is 0 Å². The van der Waals surface area contributed by atoms with Crippen molar-refractivity contribution in [1.82, 2.24) is 0 Å². The predicted octanol–water partition coefficient (Wildman–Crippen LogP) is -0.526. The Morgan fingerprint density at radius 3 is 2.42 bits per heavy atom. The summed E-state index contributed by atoms with van der Waals surface area (Å²) in [5.41, 5.74) is 0. The Morgan fingerprint density at radius 1 is 1.26 bits per heavy atom. The van der Waals surface area contributed by atoms with E-state index in [1.165, 1.54) is 0 Å². The standard InChI is InChI=1S/C12H22O7/c1-3-4-5-6(2)18-12-9(15)7(13)8(14)10(19-12)11(16)17/h6-10,12-15H,3-5H2,1-2H3,(H,16,17). The second-order valence-corrected chi connectivity index (χ2v) is 4.82. The van der Waals surface area contributed by atoms with Crippen LogP contribution in [-0.4, -0.2) is 63.2 Å². The van der Waals surface area contributed by atoms with E-state index in [0.717, 1.165) is 19.3 Å². The molecule has 0 aromatic heterocycles. The molecular formula is C12H22O7. The van der Waals surface area contributed by atoms with Gasteiger partial charge in [0.1, 0.15) is 18.3 Å². The van der Waals surface area contributed by atoms with Crippen LogP contribution in [0, 0.1) is 0 Å². The van der Waals surface area contributed by atoms with Crippen LogP contribution in [0.1, 0.15) is 33.1 Å². The van der Waals surface area contributed by atoms with Crippen molar-refractivity contribution in [2.45, 2.75) is 69.9 Å². The lowest BCUT2D eigenvalue weighted by molar-refractivity contribution is -0.303. The van der Waals surface area contributed by atoms with Crippen LogP contribution in [0.5, 0.6) is 0 Å². The molecule has 6 unspecified atom stereocenters.